The molecular formula is C26H28N6O2. The number of nitrogens with zero attached hydrogens (tertiary/aromatic N) is 5. The zero-order valence-electron chi connectivity index (χ0n) is 19.3. The molecule has 0 aliphatic carbocycles. The third-order valence-electron chi connectivity index (χ3n) is 7.05. The van der Waals surface area contributed by atoms with Crippen molar-refractivity contribution < 1.29 is 4.74 Å². The number of benzene rings is 2. The van der Waals surface area contributed by atoms with Crippen LogP contribution >= 0.6 is 0 Å². The van der Waals surface area contributed by atoms with Gasteiger partial charge in [0.2, 0.25) is 0 Å². The van der Waals surface area contributed by atoms with Crippen LogP contribution in [0, 0.1) is 6.92 Å². The summed E-state index contributed by atoms with van der Waals surface area (Å²) in [7, 11) is 0. The Balaban J connectivity index is 1.46. The fraction of sp³-hybridized carbons (Fsp3) is 0.385. The predicted octanol–water partition coefficient (Wildman–Crippen LogP) is 3.15. The Kier molecular flexibility index (Phi) is 5.47. The minimum atomic E-state index is -0.363. The van der Waals surface area contributed by atoms with E-state index in [0.717, 1.165) is 55.4 Å². The second kappa shape index (κ2) is 8.77. The number of nitrogens with one attached hydrogen (secondary N) is 1. The minimum absolute atomic E-state index is 0.0996. The Morgan fingerprint density at radius 1 is 1.18 bits per heavy atom. The summed E-state index contributed by atoms with van der Waals surface area (Å²) in [5.41, 5.74) is 5.19. The SMILES string of the molecule is Cc1ccc2[nH]c(=O)c([C@@H](c3nnnn3C[C@@H]3CCCO3)N3CCc4ccccc4C3)cc2c1. The van der Waals surface area contributed by atoms with Gasteiger partial charge < -0.3 is 9.72 Å². The molecule has 174 valence electrons. The molecule has 2 atom stereocenters. The smallest absolute Gasteiger partial charge is 0.253 e. The molecule has 2 aromatic carbocycles. The van der Waals surface area contributed by atoms with E-state index in [9.17, 15) is 4.79 Å². The zero-order chi connectivity index (χ0) is 23.1. The van der Waals surface area contributed by atoms with Crippen molar-refractivity contribution >= 4 is 10.9 Å². The lowest BCUT2D eigenvalue weighted by Gasteiger charge is -2.35. The molecule has 4 aromatic rings. The first-order chi connectivity index (χ1) is 16.7. The van der Waals surface area contributed by atoms with Gasteiger partial charge in [0.15, 0.2) is 5.82 Å². The van der Waals surface area contributed by atoms with Crippen molar-refractivity contribution in [2.75, 3.05) is 13.2 Å². The molecule has 0 spiro atoms. The summed E-state index contributed by atoms with van der Waals surface area (Å²) < 4.78 is 7.69. The normalized spacial score (nSPS) is 19.4. The lowest BCUT2D eigenvalue weighted by Crippen LogP contribution is -2.39. The van der Waals surface area contributed by atoms with Crippen LogP contribution in [0.4, 0.5) is 0 Å². The van der Waals surface area contributed by atoms with Gasteiger partial charge in [-0.05, 0) is 71.3 Å². The van der Waals surface area contributed by atoms with Crippen molar-refractivity contribution in [2.24, 2.45) is 0 Å². The van der Waals surface area contributed by atoms with Crippen LogP contribution in [0.3, 0.4) is 0 Å². The van der Waals surface area contributed by atoms with Crippen LogP contribution in [0.5, 0.6) is 0 Å². The third-order valence-corrected chi connectivity index (χ3v) is 7.05. The highest BCUT2D eigenvalue weighted by Crippen LogP contribution is 2.32. The maximum atomic E-state index is 13.4. The summed E-state index contributed by atoms with van der Waals surface area (Å²) in [5, 5.41) is 13.8. The number of aromatic amines is 1. The van der Waals surface area contributed by atoms with Crippen LogP contribution in [-0.2, 0) is 24.2 Å². The summed E-state index contributed by atoms with van der Waals surface area (Å²) in [5.74, 6) is 0.687. The van der Waals surface area contributed by atoms with E-state index < -0.39 is 0 Å². The first-order valence-corrected chi connectivity index (χ1v) is 12.0. The number of H-pyrrole nitrogens is 1. The molecule has 2 aliphatic heterocycles. The Morgan fingerprint density at radius 2 is 2.06 bits per heavy atom. The maximum Gasteiger partial charge on any atom is 0.253 e. The molecule has 4 heterocycles. The molecular weight excluding hydrogens is 428 g/mol. The standard InChI is InChI=1S/C26H28N6O2/c1-17-8-9-23-20(13-17)14-22(26(33)27-23)24(31-11-10-18-5-2-3-6-19(18)15-31)25-28-29-30-32(25)16-21-7-4-12-34-21/h2-3,5-6,8-9,13-14,21,24H,4,7,10-12,15-16H2,1H3,(H,27,33)/t21-,24-/m0/s1. The molecule has 8 nitrogen and oxygen atoms in total. The average molecular weight is 457 g/mol. The third kappa shape index (κ3) is 3.93. The molecule has 6 rings (SSSR count). The molecule has 1 N–H and O–H groups in total. The largest absolute Gasteiger partial charge is 0.376 e. The van der Waals surface area contributed by atoms with Gasteiger partial charge in [-0.2, -0.15) is 0 Å². The zero-order valence-corrected chi connectivity index (χ0v) is 19.3. The number of hydrogen-bond acceptors (Lipinski definition) is 6. The van der Waals surface area contributed by atoms with Crippen LogP contribution in [0.25, 0.3) is 10.9 Å². The van der Waals surface area contributed by atoms with E-state index in [2.05, 4.69) is 62.7 Å². The van der Waals surface area contributed by atoms with E-state index >= 15 is 0 Å². The number of hydrogen-bond donors (Lipinski definition) is 1. The van der Waals surface area contributed by atoms with Crippen LogP contribution in [0.1, 0.15) is 47.0 Å². The number of tetrazole rings is 1. The van der Waals surface area contributed by atoms with Crippen LogP contribution in [0.15, 0.2) is 53.3 Å². The molecule has 0 radical (unpaired) electrons. The van der Waals surface area contributed by atoms with Gasteiger partial charge in [0.1, 0.15) is 6.04 Å². The van der Waals surface area contributed by atoms with E-state index in [1.807, 2.05) is 22.9 Å². The minimum Gasteiger partial charge on any atom is -0.376 e. The highest BCUT2D eigenvalue weighted by Gasteiger charge is 2.33. The van der Waals surface area contributed by atoms with E-state index in [1.54, 1.807) is 0 Å². The summed E-state index contributed by atoms with van der Waals surface area (Å²) in [6.07, 6.45) is 3.07. The maximum absolute atomic E-state index is 13.4. The van der Waals surface area contributed by atoms with Crippen molar-refractivity contribution in [1.29, 1.82) is 0 Å². The lowest BCUT2D eigenvalue weighted by molar-refractivity contribution is 0.0904. The molecule has 0 saturated carbocycles. The van der Waals surface area contributed by atoms with Crippen molar-refractivity contribution in [3.05, 3.63) is 87.0 Å². The van der Waals surface area contributed by atoms with Gasteiger partial charge in [-0.25, -0.2) is 4.68 Å². The number of aromatic nitrogens is 5. The van der Waals surface area contributed by atoms with Crippen molar-refractivity contribution in [3.63, 3.8) is 0 Å². The molecule has 34 heavy (non-hydrogen) atoms. The highest BCUT2D eigenvalue weighted by atomic mass is 16.5. The second-order valence-corrected chi connectivity index (χ2v) is 9.39. The van der Waals surface area contributed by atoms with E-state index in [-0.39, 0.29) is 17.7 Å². The fourth-order valence-corrected chi connectivity index (χ4v) is 5.30. The summed E-state index contributed by atoms with van der Waals surface area (Å²) in [6, 6.07) is 16.2. The highest BCUT2D eigenvalue weighted by molar-refractivity contribution is 5.79. The topological polar surface area (TPSA) is 88.9 Å². The quantitative estimate of drug-likeness (QED) is 0.496. The molecule has 8 heteroatoms. The fourth-order valence-electron chi connectivity index (χ4n) is 5.30. The second-order valence-electron chi connectivity index (χ2n) is 9.39. The van der Waals surface area contributed by atoms with Crippen molar-refractivity contribution in [1.82, 2.24) is 30.1 Å². The van der Waals surface area contributed by atoms with Gasteiger partial charge in [0, 0.05) is 30.8 Å². The van der Waals surface area contributed by atoms with Crippen molar-refractivity contribution in [3.8, 4) is 0 Å². The van der Waals surface area contributed by atoms with Gasteiger partial charge in [0.25, 0.3) is 5.56 Å². The van der Waals surface area contributed by atoms with Gasteiger partial charge in [-0.15, -0.1) is 5.10 Å². The monoisotopic (exact) mass is 456 g/mol. The van der Waals surface area contributed by atoms with Crippen LogP contribution in [-0.4, -0.2) is 49.3 Å². The summed E-state index contributed by atoms with van der Waals surface area (Å²) in [6.45, 7) is 4.98. The Hall–Kier alpha value is -3.36. The predicted molar refractivity (Wildman–Crippen MR) is 128 cm³/mol. The molecule has 1 fully saturated rings. The molecule has 2 aliphatic rings. The molecule has 2 aromatic heterocycles. The van der Waals surface area contributed by atoms with Crippen molar-refractivity contribution in [2.45, 2.75) is 51.4 Å². The Morgan fingerprint density at radius 3 is 2.91 bits per heavy atom. The van der Waals surface area contributed by atoms with E-state index in [0.29, 0.717) is 17.9 Å². The number of aryl methyl sites for hydroxylation is 1. The van der Waals surface area contributed by atoms with Crippen LogP contribution < -0.4 is 5.56 Å². The lowest BCUT2D eigenvalue weighted by atomic mass is 9.95. The van der Waals surface area contributed by atoms with E-state index in [4.69, 9.17) is 4.74 Å². The Labute approximate surface area is 197 Å². The number of pyridine rings is 1. The van der Waals surface area contributed by atoms with Crippen LogP contribution in [0.2, 0.25) is 0 Å². The van der Waals surface area contributed by atoms with Gasteiger partial charge in [0.05, 0.1) is 12.6 Å². The average Bonchev–Trinajstić information content (AvgIpc) is 3.53. The number of ether oxygens (including phenoxy) is 1. The molecule has 0 amide bonds. The summed E-state index contributed by atoms with van der Waals surface area (Å²) >= 11 is 0. The molecule has 0 unspecified atom stereocenters. The number of fused-ring (bicyclic) bond motifs is 2. The van der Waals surface area contributed by atoms with Gasteiger partial charge in [-0.3, -0.25) is 9.69 Å². The van der Waals surface area contributed by atoms with Gasteiger partial charge in [-0.1, -0.05) is 35.9 Å². The first-order valence-electron chi connectivity index (χ1n) is 12.0. The summed E-state index contributed by atoms with van der Waals surface area (Å²) in [4.78, 5) is 18.8. The van der Waals surface area contributed by atoms with E-state index in [1.165, 1.54) is 11.1 Å². The Bertz CT molecular complexity index is 1390. The first kappa shape index (κ1) is 21.2. The van der Waals surface area contributed by atoms with Gasteiger partial charge >= 0.3 is 0 Å². The molecule has 1 saturated heterocycles. The number of rotatable bonds is 5. The molecule has 0 bridgehead atoms.